The van der Waals surface area contributed by atoms with Crippen molar-refractivity contribution in [2.24, 2.45) is 0 Å². The van der Waals surface area contributed by atoms with E-state index in [2.05, 4.69) is 0 Å². The van der Waals surface area contributed by atoms with Crippen LogP contribution in [0.1, 0.15) is 10.6 Å². The van der Waals surface area contributed by atoms with E-state index in [-0.39, 0.29) is 5.76 Å². The lowest BCUT2D eigenvalue weighted by molar-refractivity contribution is -0.146. The van der Waals surface area contributed by atoms with Crippen LogP contribution < -0.4 is 0 Å². The number of halogens is 3. The topological polar surface area (TPSA) is 53.8 Å². The molecule has 2 amide bonds. The van der Waals surface area contributed by atoms with Gasteiger partial charge in [0, 0.05) is 19.5 Å². The van der Waals surface area contributed by atoms with Crippen LogP contribution in [-0.2, 0) is 4.79 Å². The lowest BCUT2D eigenvalue weighted by Gasteiger charge is -2.23. The number of carbonyl (C=O) groups excluding carboxylic acids is 2. The maximum Gasteiger partial charge on any atom is 0.406 e. The van der Waals surface area contributed by atoms with Gasteiger partial charge in [-0.25, -0.2) is 0 Å². The van der Waals surface area contributed by atoms with E-state index in [1.54, 1.807) is 24.3 Å². The molecule has 0 unspecified atom stereocenters. The lowest BCUT2D eigenvalue weighted by atomic mass is 10.2. The van der Waals surface area contributed by atoms with Gasteiger partial charge in [-0.15, -0.1) is 0 Å². The largest absolute Gasteiger partial charge is 0.451 e. The number of hydrogen-bond donors (Lipinski definition) is 0. The fourth-order valence-corrected chi connectivity index (χ4v) is 1.96. The van der Waals surface area contributed by atoms with Crippen molar-refractivity contribution in [3.05, 3.63) is 36.1 Å². The quantitative estimate of drug-likeness (QED) is 0.867. The highest BCUT2D eigenvalue weighted by Crippen LogP contribution is 2.22. The van der Waals surface area contributed by atoms with Crippen molar-refractivity contribution in [1.82, 2.24) is 9.80 Å². The Morgan fingerprint density at radius 3 is 2.39 bits per heavy atom. The number of hydrogen-bond acceptors (Lipinski definition) is 3. The second kappa shape index (κ2) is 6.31. The van der Waals surface area contributed by atoms with Crippen molar-refractivity contribution >= 4 is 22.8 Å². The minimum Gasteiger partial charge on any atom is -0.451 e. The van der Waals surface area contributed by atoms with E-state index in [4.69, 9.17) is 4.42 Å². The highest BCUT2D eigenvalue weighted by molar-refractivity contribution is 5.97. The summed E-state index contributed by atoms with van der Waals surface area (Å²) in [6.45, 7) is -2.20. The van der Waals surface area contributed by atoms with Crippen LogP contribution in [0.3, 0.4) is 0 Å². The summed E-state index contributed by atoms with van der Waals surface area (Å²) in [6, 6.07) is 8.04. The molecule has 0 radical (unpaired) electrons. The molecule has 2 rings (SSSR count). The SMILES string of the molecule is CN(C)C(=O)CN(CC(F)(F)F)C(=O)c1cc2ccccc2o1. The van der Waals surface area contributed by atoms with Crippen LogP contribution in [-0.4, -0.2) is 55.0 Å². The molecule has 1 aromatic heterocycles. The number of alkyl halides is 3. The first-order chi connectivity index (χ1) is 10.7. The summed E-state index contributed by atoms with van der Waals surface area (Å²) in [4.78, 5) is 25.5. The van der Waals surface area contributed by atoms with E-state index >= 15 is 0 Å². The molecule has 0 bridgehead atoms. The fourth-order valence-electron chi connectivity index (χ4n) is 1.96. The third-order valence-corrected chi connectivity index (χ3v) is 3.12. The van der Waals surface area contributed by atoms with Crippen molar-refractivity contribution < 1.29 is 27.2 Å². The molecule has 0 aliphatic heterocycles. The average Bonchev–Trinajstić information content (AvgIpc) is 2.87. The molecule has 1 aromatic carbocycles. The molecule has 2 aromatic rings. The maximum absolute atomic E-state index is 12.7. The molecule has 0 fully saturated rings. The number of amides is 2. The third-order valence-electron chi connectivity index (χ3n) is 3.12. The predicted molar refractivity (Wildman–Crippen MR) is 76.9 cm³/mol. The van der Waals surface area contributed by atoms with Gasteiger partial charge in [0.05, 0.1) is 0 Å². The van der Waals surface area contributed by atoms with Crippen LogP contribution in [0.15, 0.2) is 34.7 Å². The summed E-state index contributed by atoms with van der Waals surface area (Å²) in [5.74, 6) is -1.82. The first-order valence-corrected chi connectivity index (χ1v) is 6.72. The van der Waals surface area contributed by atoms with Gasteiger partial charge in [0.1, 0.15) is 18.7 Å². The second-order valence-electron chi connectivity index (χ2n) is 5.21. The summed E-state index contributed by atoms with van der Waals surface area (Å²) in [6.07, 6.45) is -4.62. The highest BCUT2D eigenvalue weighted by Gasteiger charge is 2.35. The van der Waals surface area contributed by atoms with Crippen LogP contribution in [0.4, 0.5) is 13.2 Å². The summed E-state index contributed by atoms with van der Waals surface area (Å²) >= 11 is 0. The average molecular weight is 328 g/mol. The van der Waals surface area contributed by atoms with Crippen LogP contribution in [0.25, 0.3) is 11.0 Å². The Morgan fingerprint density at radius 1 is 1.17 bits per heavy atom. The highest BCUT2D eigenvalue weighted by atomic mass is 19.4. The molecular formula is C15H15F3N2O3. The van der Waals surface area contributed by atoms with Gasteiger partial charge in [0.2, 0.25) is 5.91 Å². The minimum absolute atomic E-state index is 0.234. The van der Waals surface area contributed by atoms with Crippen molar-refractivity contribution in [2.75, 3.05) is 27.2 Å². The first kappa shape index (κ1) is 16.9. The zero-order valence-corrected chi connectivity index (χ0v) is 12.6. The zero-order chi connectivity index (χ0) is 17.2. The van der Waals surface area contributed by atoms with Gasteiger partial charge in [-0.3, -0.25) is 9.59 Å². The van der Waals surface area contributed by atoms with Gasteiger partial charge in [0.25, 0.3) is 5.91 Å². The third kappa shape index (κ3) is 4.24. The van der Waals surface area contributed by atoms with Gasteiger partial charge >= 0.3 is 6.18 Å². The monoisotopic (exact) mass is 328 g/mol. The van der Waals surface area contributed by atoms with Crippen molar-refractivity contribution in [3.63, 3.8) is 0 Å². The van der Waals surface area contributed by atoms with Crippen LogP contribution in [0.2, 0.25) is 0 Å². The molecule has 0 aliphatic carbocycles. The Kier molecular flexibility index (Phi) is 4.63. The Balaban J connectivity index is 2.29. The van der Waals surface area contributed by atoms with E-state index in [0.29, 0.717) is 15.9 Å². The van der Waals surface area contributed by atoms with Crippen molar-refractivity contribution in [1.29, 1.82) is 0 Å². The number of fused-ring (bicyclic) bond motifs is 1. The number of rotatable bonds is 4. The smallest absolute Gasteiger partial charge is 0.406 e. The summed E-state index contributed by atoms with van der Waals surface area (Å²) in [5, 5.41) is 0.599. The summed E-state index contributed by atoms with van der Waals surface area (Å²) in [7, 11) is 2.81. The summed E-state index contributed by atoms with van der Waals surface area (Å²) < 4.78 is 43.3. The number of benzene rings is 1. The molecule has 0 atom stereocenters. The van der Waals surface area contributed by atoms with E-state index in [0.717, 1.165) is 4.90 Å². The van der Waals surface area contributed by atoms with E-state index in [1.165, 1.54) is 20.2 Å². The van der Waals surface area contributed by atoms with Gasteiger partial charge in [-0.2, -0.15) is 13.2 Å². The fraction of sp³-hybridized carbons (Fsp3) is 0.333. The molecule has 0 N–H and O–H groups in total. The number of likely N-dealkylation sites (N-methyl/N-ethyl adjacent to an activating group) is 1. The van der Waals surface area contributed by atoms with Crippen LogP contribution in [0.5, 0.6) is 0 Å². The normalized spacial score (nSPS) is 11.5. The number of nitrogens with zero attached hydrogens (tertiary/aromatic N) is 2. The minimum atomic E-state index is -4.62. The Morgan fingerprint density at radius 2 is 1.83 bits per heavy atom. The van der Waals surface area contributed by atoms with Gasteiger partial charge in [-0.1, -0.05) is 18.2 Å². The molecule has 5 nitrogen and oxygen atoms in total. The zero-order valence-electron chi connectivity index (χ0n) is 12.6. The molecule has 0 spiro atoms. The van der Waals surface area contributed by atoms with Crippen LogP contribution in [0, 0.1) is 0 Å². The Bertz CT molecular complexity index is 689. The lowest BCUT2D eigenvalue weighted by Crippen LogP contribution is -2.44. The maximum atomic E-state index is 12.7. The molecule has 0 aliphatic rings. The second-order valence-corrected chi connectivity index (χ2v) is 5.21. The number of furan rings is 1. The van der Waals surface area contributed by atoms with Crippen molar-refractivity contribution in [3.8, 4) is 0 Å². The predicted octanol–water partition coefficient (Wildman–Crippen LogP) is 2.53. The summed E-state index contributed by atoms with van der Waals surface area (Å²) in [5.41, 5.74) is 0.391. The molecule has 1 heterocycles. The van der Waals surface area contributed by atoms with Crippen molar-refractivity contribution in [2.45, 2.75) is 6.18 Å². The molecule has 8 heteroatoms. The molecule has 0 saturated heterocycles. The van der Waals surface area contributed by atoms with Gasteiger partial charge < -0.3 is 14.2 Å². The Hall–Kier alpha value is -2.51. The number of carbonyl (C=O) groups is 2. The first-order valence-electron chi connectivity index (χ1n) is 6.72. The number of para-hydroxylation sites is 1. The molecule has 0 saturated carbocycles. The molecular weight excluding hydrogens is 313 g/mol. The molecule has 124 valence electrons. The van der Waals surface area contributed by atoms with E-state index in [1.807, 2.05) is 0 Å². The van der Waals surface area contributed by atoms with Crippen LogP contribution >= 0.6 is 0 Å². The van der Waals surface area contributed by atoms with Gasteiger partial charge in [0.15, 0.2) is 5.76 Å². The Labute approximate surface area is 130 Å². The van der Waals surface area contributed by atoms with E-state index in [9.17, 15) is 22.8 Å². The van der Waals surface area contributed by atoms with Gasteiger partial charge in [-0.05, 0) is 12.1 Å². The molecule has 23 heavy (non-hydrogen) atoms. The standard InChI is InChI=1S/C15H15F3N2O3/c1-19(2)13(21)8-20(9-15(16,17)18)14(22)12-7-10-5-3-4-6-11(10)23-12/h3-7H,8-9H2,1-2H3. The van der Waals surface area contributed by atoms with E-state index < -0.39 is 31.1 Å².